The van der Waals surface area contributed by atoms with Gasteiger partial charge in [0.2, 0.25) is 5.91 Å². The van der Waals surface area contributed by atoms with E-state index < -0.39 is 5.41 Å². The topological polar surface area (TPSA) is 55.4 Å². The molecule has 2 saturated heterocycles. The predicted molar refractivity (Wildman–Crippen MR) is 45.1 cm³/mol. The number of hydrogen-bond acceptors (Lipinski definition) is 3. The highest BCUT2D eigenvalue weighted by atomic mass is 16.5. The van der Waals surface area contributed by atoms with Gasteiger partial charge in [-0.3, -0.25) is 9.59 Å². The van der Waals surface area contributed by atoms with Gasteiger partial charge in [-0.2, -0.15) is 0 Å². The molecule has 2 fully saturated rings. The molecule has 13 heavy (non-hydrogen) atoms. The van der Waals surface area contributed by atoms with E-state index >= 15 is 0 Å². The van der Waals surface area contributed by atoms with Gasteiger partial charge in [0.1, 0.15) is 0 Å². The van der Waals surface area contributed by atoms with E-state index in [0.29, 0.717) is 19.6 Å². The Morgan fingerprint density at radius 3 is 2.92 bits per heavy atom. The van der Waals surface area contributed by atoms with Crippen molar-refractivity contribution >= 4 is 11.7 Å². The van der Waals surface area contributed by atoms with Crippen molar-refractivity contribution in [1.82, 2.24) is 5.32 Å². The molecule has 0 saturated carbocycles. The second-order valence-corrected chi connectivity index (χ2v) is 3.83. The van der Waals surface area contributed by atoms with Crippen molar-refractivity contribution in [3.63, 3.8) is 0 Å². The second-order valence-electron chi connectivity index (χ2n) is 3.83. The molecule has 2 aliphatic rings. The summed E-state index contributed by atoms with van der Waals surface area (Å²) in [5, 5.41) is 2.62. The Morgan fingerprint density at radius 1 is 1.38 bits per heavy atom. The monoisotopic (exact) mass is 183 g/mol. The highest BCUT2D eigenvalue weighted by Crippen LogP contribution is 2.34. The summed E-state index contributed by atoms with van der Waals surface area (Å²) in [6.07, 6.45) is 2.02. The third kappa shape index (κ3) is 1.46. The zero-order valence-electron chi connectivity index (χ0n) is 7.47. The zero-order valence-corrected chi connectivity index (χ0v) is 7.47. The molecule has 0 aromatic rings. The van der Waals surface area contributed by atoms with Gasteiger partial charge >= 0.3 is 0 Å². The normalized spacial score (nSPS) is 34.8. The number of nitrogens with one attached hydrogen (secondary N) is 1. The molecule has 1 atom stereocenters. The second kappa shape index (κ2) is 3.10. The Bertz CT molecular complexity index is 243. The molecule has 1 amide bonds. The molecular formula is C9H13NO3. The lowest BCUT2D eigenvalue weighted by atomic mass is 9.75. The van der Waals surface area contributed by atoms with Crippen molar-refractivity contribution in [2.24, 2.45) is 5.41 Å². The van der Waals surface area contributed by atoms with E-state index in [9.17, 15) is 9.59 Å². The third-order valence-electron chi connectivity index (χ3n) is 2.79. The molecule has 1 unspecified atom stereocenters. The van der Waals surface area contributed by atoms with Gasteiger partial charge in [-0.15, -0.1) is 0 Å². The summed E-state index contributed by atoms with van der Waals surface area (Å²) >= 11 is 0. The molecule has 1 N–H and O–H groups in total. The van der Waals surface area contributed by atoms with Gasteiger partial charge < -0.3 is 10.1 Å². The lowest BCUT2D eigenvalue weighted by Gasteiger charge is -2.37. The smallest absolute Gasteiger partial charge is 0.229 e. The minimum atomic E-state index is -0.534. The van der Waals surface area contributed by atoms with Gasteiger partial charge in [0.05, 0.1) is 18.6 Å². The number of amides is 1. The Labute approximate surface area is 76.6 Å². The molecule has 0 radical (unpaired) electrons. The summed E-state index contributed by atoms with van der Waals surface area (Å²) in [6.45, 7) is 1.31. The van der Waals surface area contributed by atoms with E-state index in [0.717, 1.165) is 12.8 Å². The van der Waals surface area contributed by atoms with Crippen LogP contribution in [0.25, 0.3) is 0 Å². The van der Waals surface area contributed by atoms with Crippen LogP contribution in [0.4, 0.5) is 0 Å². The standard InChI is InChI=1S/C9H13NO3/c11-7-4-9(8(12)10-5-7)2-1-3-13-6-9/h1-6H2,(H,10,12). The number of rotatable bonds is 0. The van der Waals surface area contributed by atoms with Crippen LogP contribution in [0.2, 0.25) is 0 Å². The van der Waals surface area contributed by atoms with E-state index in [2.05, 4.69) is 5.32 Å². The SMILES string of the molecule is O=C1CNC(=O)C2(CCCOC2)C1. The fraction of sp³-hybridized carbons (Fsp3) is 0.778. The van der Waals surface area contributed by atoms with Gasteiger partial charge in [0.25, 0.3) is 0 Å². The van der Waals surface area contributed by atoms with Crippen molar-refractivity contribution in [2.45, 2.75) is 19.3 Å². The lowest BCUT2D eigenvalue weighted by Crippen LogP contribution is -2.53. The molecule has 2 rings (SSSR count). The van der Waals surface area contributed by atoms with Gasteiger partial charge in [-0.1, -0.05) is 0 Å². The van der Waals surface area contributed by atoms with Crippen LogP contribution < -0.4 is 5.32 Å². The minimum Gasteiger partial charge on any atom is -0.380 e. The molecule has 72 valence electrons. The maximum Gasteiger partial charge on any atom is 0.229 e. The van der Waals surface area contributed by atoms with Crippen molar-refractivity contribution in [3.05, 3.63) is 0 Å². The maximum atomic E-state index is 11.6. The van der Waals surface area contributed by atoms with Crippen LogP contribution in [-0.4, -0.2) is 31.4 Å². The van der Waals surface area contributed by atoms with E-state index in [1.807, 2.05) is 0 Å². The van der Waals surface area contributed by atoms with Crippen molar-refractivity contribution in [2.75, 3.05) is 19.8 Å². The first kappa shape index (κ1) is 8.69. The van der Waals surface area contributed by atoms with Gasteiger partial charge in [-0.05, 0) is 12.8 Å². The third-order valence-corrected chi connectivity index (χ3v) is 2.79. The number of hydrogen-bond donors (Lipinski definition) is 1. The zero-order chi connectivity index (χ0) is 9.31. The summed E-state index contributed by atoms with van der Waals surface area (Å²) in [4.78, 5) is 22.8. The number of ether oxygens (including phenoxy) is 1. The first-order valence-electron chi connectivity index (χ1n) is 4.61. The van der Waals surface area contributed by atoms with Crippen molar-refractivity contribution in [3.8, 4) is 0 Å². The molecule has 0 aromatic heterocycles. The summed E-state index contributed by atoms with van der Waals surface area (Å²) in [5.74, 6) is 0.108. The van der Waals surface area contributed by atoms with E-state index in [-0.39, 0.29) is 18.2 Å². The van der Waals surface area contributed by atoms with Gasteiger partial charge in [0, 0.05) is 13.0 Å². The van der Waals surface area contributed by atoms with Crippen LogP contribution in [0.5, 0.6) is 0 Å². The number of carbonyl (C=O) groups excluding carboxylic acids is 2. The largest absolute Gasteiger partial charge is 0.380 e. The Morgan fingerprint density at radius 2 is 2.23 bits per heavy atom. The van der Waals surface area contributed by atoms with Crippen molar-refractivity contribution in [1.29, 1.82) is 0 Å². The molecule has 4 heteroatoms. The summed E-state index contributed by atoms with van der Waals surface area (Å²) in [7, 11) is 0. The Balaban J connectivity index is 2.16. The van der Waals surface area contributed by atoms with E-state index in [1.54, 1.807) is 0 Å². The fourth-order valence-electron chi connectivity index (χ4n) is 2.06. The van der Waals surface area contributed by atoms with Crippen molar-refractivity contribution < 1.29 is 14.3 Å². The quantitative estimate of drug-likeness (QED) is 0.569. The Hall–Kier alpha value is -0.900. The van der Waals surface area contributed by atoms with Crippen LogP contribution >= 0.6 is 0 Å². The average Bonchev–Trinajstić information content (AvgIpc) is 2.14. The number of piperidine rings is 1. The molecular weight excluding hydrogens is 170 g/mol. The van der Waals surface area contributed by atoms with Crippen LogP contribution in [0.1, 0.15) is 19.3 Å². The number of Topliss-reactive ketones (excluding diaryl/α,β-unsaturated/α-hetero) is 1. The maximum absolute atomic E-state index is 11.6. The van der Waals surface area contributed by atoms with E-state index in [4.69, 9.17) is 4.74 Å². The lowest BCUT2D eigenvalue weighted by molar-refractivity contribution is -0.148. The highest BCUT2D eigenvalue weighted by molar-refractivity contribution is 5.97. The molecule has 0 aliphatic carbocycles. The molecule has 0 aromatic carbocycles. The van der Waals surface area contributed by atoms with E-state index in [1.165, 1.54) is 0 Å². The molecule has 2 aliphatic heterocycles. The minimum absolute atomic E-state index is 0.00759. The summed E-state index contributed by atoms with van der Waals surface area (Å²) in [6, 6.07) is 0. The van der Waals surface area contributed by atoms with Gasteiger partial charge in [-0.25, -0.2) is 0 Å². The summed E-state index contributed by atoms with van der Waals surface area (Å²) in [5.41, 5.74) is -0.534. The highest BCUT2D eigenvalue weighted by Gasteiger charge is 2.44. The van der Waals surface area contributed by atoms with Crippen LogP contribution in [0, 0.1) is 5.41 Å². The first-order chi connectivity index (χ1) is 6.23. The predicted octanol–water partition coefficient (Wildman–Crippen LogP) is -0.128. The van der Waals surface area contributed by atoms with Crippen LogP contribution in [0.3, 0.4) is 0 Å². The summed E-state index contributed by atoms with van der Waals surface area (Å²) < 4.78 is 5.27. The average molecular weight is 183 g/mol. The Kier molecular flexibility index (Phi) is 2.07. The molecule has 0 bridgehead atoms. The number of ketones is 1. The van der Waals surface area contributed by atoms with Crippen LogP contribution in [-0.2, 0) is 14.3 Å². The van der Waals surface area contributed by atoms with Crippen LogP contribution in [0.15, 0.2) is 0 Å². The number of carbonyl (C=O) groups is 2. The first-order valence-corrected chi connectivity index (χ1v) is 4.61. The molecule has 4 nitrogen and oxygen atoms in total. The van der Waals surface area contributed by atoms with Gasteiger partial charge in [0.15, 0.2) is 5.78 Å². The fourth-order valence-corrected chi connectivity index (χ4v) is 2.06. The molecule has 1 spiro atoms. The molecule has 2 heterocycles.